The van der Waals surface area contributed by atoms with Crippen molar-refractivity contribution in [2.75, 3.05) is 13.7 Å². The van der Waals surface area contributed by atoms with Crippen molar-refractivity contribution in [1.29, 1.82) is 0 Å². The standard InChI is InChI=1S/C26H26O12/c1-10(28)15-8-13-20-17(35-15)6-12(29)7-18(20)36-24(11-3-4-14(30)16(5-11)34-2)25(13)38-26-23(33)22(32)21(31)19(9-27)37-26/h3-8,15,19,21-23,26-27,29-33H,9H2,1-2H3/t15?,19-,21-,22+,23-,26+/m1/s1. The fourth-order valence-electron chi connectivity index (χ4n) is 4.50. The minimum Gasteiger partial charge on any atom is -0.508 e. The van der Waals surface area contributed by atoms with E-state index in [1.165, 1.54) is 50.4 Å². The van der Waals surface area contributed by atoms with Crippen LogP contribution in [0.15, 0.2) is 42.2 Å². The number of carbonyl (C=O) groups excluding carboxylic acids is 1. The molecule has 0 amide bonds. The molecule has 0 radical (unpaired) electrons. The number of rotatable bonds is 6. The highest BCUT2D eigenvalue weighted by Crippen LogP contribution is 2.51. The molecule has 3 aliphatic rings. The van der Waals surface area contributed by atoms with E-state index >= 15 is 0 Å². The number of phenolic OH excluding ortho intramolecular Hbond substituents is 2. The lowest BCUT2D eigenvalue weighted by Crippen LogP contribution is -2.59. The number of allylic oxidation sites excluding steroid dienone is 1. The molecule has 1 saturated heterocycles. The Morgan fingerprint density at radius 1 is 1.03 bits per heavy atom. The number of Topliss-reactive ketones (excluding diaryl/α,β-unsaturated/α-hetero) is 1. The SMILES string of the molecule is COc1cc(C2=C(O[C@@H]3O[C@H](CO)[C@@H](O)[C@H](O)[C@H]3O)C3=CC(C(C)=O)Oc4cc(O)cc(c43)O2)ccc1O. The van der Waals surface area contributed by atoms with Gasteiger partial charge in [0.25, 0.3) is 0 Å². The van der Waals surface area contributed by atoms with E-state index in [1.807, 2.05) is 0 Å². The minimum atomic E-state index is -1.74. The summed E-state index contributed by atoms with van der Waals surface area (Å²) in [6.45, 7) is 0.654. The summed E-state index contributed by atoms with van der Waals surface area (Å²) >= 11 is 0. The van der Waals surface area contributed by atoms with E-state index in [0.29, 0.717) is 16.7 Å². The van der Waals surface area contributed by atoms with Crippen LogP contribution in [0.5, 0.6) is 28.7 Å². The molecule has 38 heavy (non-hydrogen) atoms. The van der Waals surface area contributed by atoms with Crippen molar-refractivity contribution in [1.82, 2.24) is 0 Å². The monoisotopic (exact) mass is 530 g/mol. The van der Waals surface area contributed by atoms with Crippen molar-refractivity contribution < 1.29 is 59.1 Å². The highest BCUT2D eigenvalue weighted by Gasteiger charge is 2.46. The van der Waals surface area contributed by atoms with E-state index < -0.39 is 43.4 Å². The Kier molecular flexibility index (Phi) is 6.67. The first-order valence-corrected chi connectivity index (χ1v) is 11.7. The van der Waals surface area contributed by atoms with Crippen molar-refractivity contribution >= 4 is 17.1 Å². The first-order valence-electron chi connectivity index (χ1n) is 11.7. The van der Waals surface area contributed by atoms with Gasteiger partial charge < -0.3 is 54.3 Å². The zero-order valence-corrected chi connectivity index (χ0v) is 20.3. The highest BCUT2D eigenvalue weighted by molar-refractivity contribution is 5.98. The molecule has 0 aromatic heterocycles. The topological polar surface area (TPSA) is 185 Å². The molecule has 2 aromatic rings. The molecule has 3 heterocycles. The van der Waals surface area contributed by atoms with E-state index in [0.717, 1.165) is 0 Å². The van der Waals surface area contributed by atoms with Crippen LogP contribution in [0.4, 0.5) is 0 Å². The number of benzene rings is 2. The number of hydrogen-bond acceptors (Lipinski definition) is 12. The van der Waals surface area contributed by atoms with Gasteiger partial charge in [-0.3, -0.25) is 4.79 Å². The lowest BCUT2D eigenvalue weighted by atomic mass is 9.92. The van der Waals surface area contributed by atoms with Gasteiger partial charge in [0.15, 0.2) is 34.9 Å². The molecule has 3 aliphatic heterocycles. The Hall–Kier alpha value is -3.81. The maximum absolute atomic E-state index is 12.3. The number of ketones is 1. The number of phenols is 2. The van der Waals surface area contributed by atoms with Crippen molar-refractivity contribution in [2.45, 2.75) is 43.7 Å². The van der Waals surface area contributed by atoms with Crippen LogP contribution in [0, 0.1) is 0 Å². The number of aliphatic hydroxyl groups is 4. The van der Waals surface area contributed by atoms with E-state index in [1.54, 1.807) is 0 Å². The van der Waals surface area contributed by atoms with Gasteiger partial charge in [0, 0.05) is 23.3 Å². The Labute approximate surface area is 216 Å². The average Bonchev–Trinajstić information content (AvgIpc) is 2.89. The van der Waals surface area contributed by atoms with Crippen LogP contribution in [-0.4, -0.2) is 86.9 Å². The molecular formula is C26H26O12. The van der Waals surface area contributed by atoms with Gasteiger partial charge in [-0.2, -0.15) is 0 Å². The largest absolute Gasteiger partial charge is 0.508 e. The maximum Gasteiger partial charge on any atom is 0.229 e. The van der Waals surface area contributed by atoms with Gasteiger partial charge in [-0.1, -0.05) is 0 Å². The Bertz CT molecular complexity index is 1330. The lowest BCUT2D eigenvalue weighted by molar-refractivity contribution is -0.290. The number of ether oxygens (including phenoxy) is 5. The summed E-state index contributed by atoms with van der Waals surface area (Å²) in [5, 5.41) is 61.1. The second-order valence-electron chi connectivity index (χ2n) is 9.01. The number of carbonyl (C=O) groups is 1. The second kappa shape index (κ2) is 9.82. The molecule has 2 aromatic carbocycles. The van der Waals surface area contributed by atoms with Crippen LogP contribution in [0.3, 0.4) is 0 Å². The molecular weight excluding hydrogens is 504 g/mol. The summed E-state index contributed by atoms with van der Waals surface area (Å²) in [4.78, 5) is 12.3. The molecule has 6 atom stereocenters. The smallest absolute Gasteiger partial charge is 0.229 e. The third-order valence-corrected chi connectivity index (χ3v) is 6.48. The first kappa shape index (κ1) is 25.8. The third-order valence-electron chi connectivity index (χ3n) is 6.48. The predicted octanol–water partition coefficient (Wildman–Crippen LogP) is 0.417. The van der Waals surface area contributed by atoms with E-state index in [4.69, 9.17) is 23.7 Å². The fourth-order valence-corrected chi connectivity index (χ4v) is 4.50. The summed E-state index contributed by atoms with van der Waals surface area (Å²) in [6, 6.07) is 6.97. The summed E-state index contributed by atoms with van der Waals surface area (Å²) in [5.74, 6) is -0.299. The normalized spacial score (nSPS) is 28.0. The van der Waals surface area contributed by atoms with Crippen molar-refractivity contribution in [3.63, 3.8) is 0 Å². The molecule has 6 N–H and O–H groups in total. The molecule has 0 bridgehead atoms. The van der Waals surface area contributed by atoms with Gasteiger partial charge in [-0.15, -0.1) is 0 Å². The van der Waals surface area contributed by atoms with Crippen molar-refractivity contribution in [3.05, 3.63) is 53.3 Å². The van der Waals surface area contributed by atoms with Gasteiger partial charge in [0.2, 0.25) is 6.29 Å². The molecule has 12 heteroatoms. The fraction of sp³-hybridized carbons (Fsp3) is 0.346. The molecule has 0 spiro atoms. The zero-order chi connectivity index (χ0) is 27.3. The van der Waals surface area contributed by atoms with E-state index in [2.05, 4.69) is 0 Å². The van der Waals surface area contributed by atoms with Gasteiger partial charge in [-0.25, -0.2) is 0 Å². The zero-order valence-electron chi connectivity index (χ0n) is 20.3. The molecule has 1 unspecified atom stereocenters. The average molecular weight is 530 g/mol. The first-order chi connectivity index (χ1) is 18.1. The lowest BCUT2D eigenvalue weighted by Gasteiger charge is -2.41. The predicted molar refractivity (Wildman–Crippen MR) is 128 cm³/mol. The van der Waals surface area contributed by atoms with Crippen molar-refractivity contribution in [3.8, 4) is 28.7 Å². The number of aliphatic hydroxyl groups excluding tert-OH is 4. The van der Waals surface area contributed by atoms with Gasteiger partial charge in [0.1, 0.15) is 41.7 Å². The van der Waals surface area contributed by atoms with E-state index in [9.17, 15) is 35.4 Å². The third kappa shape index (κ3) is 4.31. The number of hydrogen-bond donors (Lipinski definition) is 6. The molecule has 5 rings (SSSR count). The summed E-state index contributed by atoms with van der Waals surface area (Å²) < 4.78 is 28.7. The van der Waals surface area contributed by atoms with Gasteiger partial charge in [-0.05, 0) is 31.2 Å². The Balaban J connectivity index is 1.70. The van der Waals surface area contributed by atoms with Crippen LogP contribution >= 0.6 is 0 Å². The second-order valence-corrected chi connectivity index (χ2v) is 9.01. The van der Waals surface area contributed by atoms with Gasteiger partial charge >= 0.3 is 0 Å². The van der Waals surface area contributed by atoms with Crippen LogP contribution in [0.2, 0.25) is 0 Å². The summed E-state index contributed by atoms with van der Waals surface area (Å²) in [5.41, 5.74) is 0.975. The Morgan fingerprint density at radius 3 is 2.45 bits per heavy atom. The van der Waals surface area contributed by atoms with Crippen LogP contribution in [0.25, 0.3) is 11.3 Å². The summed E-state index contributed by atoms with van der Waals surface area (Å²) in [7, 11) is 1.36. The molecule has 1 fully saturated rings. The maximum atomic E-state index is 12.3. The van der Waals surface area contributed by atoms with Crippen LogP contribution in [0.1, 0.15) is 18.1 Å². The van der Waals surface area contributed by atoms with Crippen LogP contribution in [-0.2, 0) is 14.3 Å². The quantitative estimate of drug-likeness (QED) is 0.303. The summed E-state index contributed by atoms with van der Waals surface area (Å²) in [6.07, 6.45) is -7.46. The molecule has 0 aliphatic carbocycles. The molecule has 12 nitrogen and oxygen atoms in total. The number of aromatic hydroxyl groups is 2. The van der Waals surface area contributed by atoms with Gasteiger partial charge in [0.05, 0.1) is 19.3 Å². The van der Waals surface area contributed by atoms with E-state index in [-0.39, 0.29) is 46.0 Å². The van der Waals surface area contributed by atoms with Crippen LogP contribution < -0.4 is 14.2 Å². The minimum absolute atomic E-state index is 0.0276. The Morgan fingerprint density at radius 2 is 1.76 bits per heavy atom. The highest BCUT2D eigenvalue weighted by atomic mass is 16.7. The number of methoxy groups -OCH3 is 1. The molecule has 0 saturated carbocycles. The molecule has 202 valence electrons. The van der Waals surface area contributed by atoms with Crippen molar-refractivity contribution in [2.24, 2.45) is 0 Å².